The molecule has 0 aliphatic heterocycles. The first-order valence-corrected chi connectivity index (χ1v) is 6.14. The molecule has 2 N–H and O–H groups in total. The van der Waals surface area contributed by atoms with Crippen molar-refractivity contribution < 1.29 is 14.8 Å². The maximum absolute atomic E-state index is 10.9. The lowest BCUT2D eigenvalue weighted by Gasteiger charge is -2.15. The van der Waals surface area contributed by atoms with Crippen molar-refractivity contribution in [2.45, 2.75) is 19.3 Å². The van der Waals surface area contributed by atoms with Crippen LogP contribution in [0.15, 0.2) is 12.1 Å². The number of rotatable bonds is 7. The summed E-state index contributed by atoms with van der Waals surface area (Å²) in [6.07, 6.45) is 2.76. The van der Waals surface area contributed by atoms with Crippen LogP contribution in [0.3, 0.4) is 0 Å². The summed E-state index contributed by atoms with van der Waals surface area (Å²) in [4.78, 5) is 14.5. The number of nitrogens with one attached hydrogen (secondary N) is 1. The topological polar surface area (TPSA) is 97.5 Å². The highest BCUT2D eigenvalue weighted by molar-refractivity contribution is 5.57. The summed E-state index contributed by atoms with van der Waals surface area (Å²) < 4.78 is 4.97. The summed E-state index contributed by atoms with van der Waals surface area (Å²) in [6, 6.07) is 2.84. The average molecular weight is 267 g/mol. The molecule has 1 aliphatic rings. The van der Waals surface area contributed by atoms with Crippen molar-refractivity contribution in [3.05, 3.63) is 22.2 Å². The molecule has 104 valence electrons. The highest BCUT2D eigenvalue weighted by Gasteiger charge is 2.42. The summed E-state index contributed by atoms with van der Waals surface area (Å²) in [7, 11) is 1.46. The van der Waals surface area contributed by atoms with E-state index < -0.39 is 4.92 Å². The molecular formula is C12H17N3O4. The van der Waals surface area contributed by atoms with Crippen LogP contribution in [0.1, 0.15) is 19.3 Å². The molecule has 0 bridgehead atoms. The van der Waals surface area contributed by atoms with Gasteiger partial charge in [0.25, 0.3) is 0 Å². The molecule has 0 aromatic carbocycles. The molecule has 0 saturated heterocycles. The molecule has 0 spiro atoms. The second-order valence-electron chi connectivity index (χ2n) is 4.81. The molecule has 1 aromatic heterocycles. The zero-order chi connectivity index (χ0) is 13.9. The van der Waals surface area contributed by atoms with Crippen LogP contribution in [0, 0.1) is 15.5 Å². The number of hydrogen-bond acceptors (Lipinski definition) is 6. The van der Waals surface area contributed by atoms with Gasteiger partial charge in [-0.3, -0.25) is 10.1 Å². The van der Waals surface area contributed by atoms with Crippen LogP contribution in [0.5, 0.6) is 5.88 Å². The molecule has 7 nitrogen and oxygen atoms in total. The number of hydrogen-bond donors (Lipinski definition) is 2. The number of ether oxygens (including phenoxy) is 1. The zero-order valence-corrected chi connectivity index (χ0v) is 10.8. The number of nitro groups is 1. The van der Waals surface area contributed by atoms with Gasteiger partial charge < -0.3 is 15.2 Å². The van der Waals surface area contributed by atoms with Gasteiger partial charge in [0.2, 0.25) is 11.7 Å². The highest BCUT2D eigenvalue weighted by atomic mass is 16.6. The average Bonchev–Trinajstić information content (AvgIpc) is 3.16. The van der Waals surface area contributed by atoms with Gasteiger partial charge in [0.15, 0.2) is 0 Å². The SMILES string of the molecule is COc1ccc([N+](=O)[O-])c(NCC2(CCO)CC2)n1. The quantitative estimate of drug-likeness (QED) is 0.575. The van der Waals surface area contributed by atoms with Gasteiger partial charge in [-0.05, 0) is 24.7 Å². The Labute approximate surface area is 110 Å². The minimum atomic E-state index is -0.472. The van der Waals surface area contributed by atoms with Crippen LogP contribution in [0.4, 0.5) is 11.5 Å². The van der Waals surface area contributed by atoms with Gasteiger partial charge in [0.05, 0.1) is 12.0 Å². The lowest BCUT2D eigenvalue weighted by atomic mass is 10.0. The molecule has 2 rings (SSSR count). The fourth-order valence-corrected chi connectivity index (χ4v) is 2.03. The monoisotopic (exact) mass is 267 g/mol. The molecule has 1 fully saturated rings. The van der Waals surface area contributed by atoms with Crippen LogP contribution >= 0.6 is 0 Å². The van der Waals surface area contributed by atoms with E-state index in [1.165, 1.54) is 19.2 Å². The van der Waals surface area contributed by atoms with E-state index in [2.05, 4.69) is 10.3 Å². The fourth-order valence-electron chi connectivity index (χ4n) is 2.03. The summed E-state index contributed by atoms with van der Waals surface area (Å²) in [5, 5.41) is 22.9. The number of aromatic nitrogens is 1. The maximum Gasteiger partial charge on any atom is 0.311 e. The normalized spacial score (nSPS) is 15.9. The molecule has 0 atom stereocenters. The van der Waals surface area contributed by atoms with E-state index in [0.29, 0.717) is 18.8 Å². The van der Waals surface area contributed by atoms with Crippen molar-refractivity contribution in [1.82, 2.24) is 4.98 Å². The number of aliphatic hydroxyl groups is 1. The third kappa shape index (κ3) is 3.11. The van der Waals surface area contributed by atoms with Crippen LogP contribution in [-0.2, 0) is 0 Å². The smallest absolute Gasteiger partial charge is 0.311 e. The molecule has 7 heteroatoms. The molecule has 1 heterocycles. The molecular weight excluding hydrogens is 250 g/mol. The molecule has 0 amide bonds. The predicted octanol–water partition coefficient (Wildman–Crippen LogP) is 1.57. The largest absolute Gasteiger partial charge is 0.481 e. The van der Waals surface area contributed by atoms with Crippen molar-refractivity contribution in [2.24, 2.45) is 5.41 Å². The molecule has 1 aromatic rings. The van der Waals surface area contributed by atoms with Crippen LogP contribution < -0.4 is 10.1 Å². The summed E-state index contributed by atoms with van der Waals surface area (Å²) in [6.45, 7) is 0.712. The van der Waals surface area contributed by atoms with Crippen molar-refractivity contribution in [1.29, 1.82) is 0 Å². The van der Waals surface area contributed by atoms with Crippen LogP contribution in [0.2, 0.25) is 0 Å². The van der Waals surface area contributed by atoms with E-state index in [9.17, 15) is 10.1 Å². The molecule has 0 radical (unpaired) electrons. The van der Waals surface area contributed by atoms with Gasteiger partial charge in [0, 0.05) is 25.3 Å². The lowest BCUT2D eigenvalue weighted by molar-refractivity contribution is -0.384. The number of aliphatic hydroxyl groups excluding tert-OH is 1. The highest BCUT2D eigenvalue weighted by Crippen LogP contribution is 2.48. The van der Waals surface area contributed by atoms with Gasteiger partial charge in [-0.15, -0.1) is 0 Å². The van der Waals surface area contributed by atoms with E-state index in [0.717, 1.165) is 12.8 Å². The molecule has 0 unspecified atom stereocenters. The third-order valence-corrected chi connectivity index (χ3v) is 3.48. The Bertz CT molecular complexity index is 474. The Morgan fingerprint density at radius 1 is 1.58 bits per heavy atom. The van der Waals surface area contributed by atoms with Crippen molar-refractivity contribution in [3.8, 4) is 5.88 Å². The Hall–Kier alpha value is -1.89. The predicted molar refractivity (Wildman–Crippen MR) is 69.3 cm³/mol. The summed E-state index contributed by atoms with van der Waals surface area (Å²) in [5.74, 6) is 0.550. The second kappa shape index (κ2) is 5.40. The standard InChI is InChI=1S/C12H17N3O4/c1-19-10-3-2-9(15(17)18)11(14-10)13-8-12(4-5-12)6-7-16/h2-3,16H,4-8H2,1H3,(H,13,14). The minimum Gasteiger partial charge on any atom is -0.481 e. The Balaban J connectivity index is 2.11. The van der Waals surface area contributed by atoms with Gasteiger partial charge in [0.1, 0.15) is 0 Å². The van der Waals surface area contributed by atoms with Gasteiger partial charge in [-0.1, -0.05) is 0 Å². The Morgan fingerprint density at radius 2 is 2.32 bits per heavy atom. The van der Waals surface area contributed by atoms with Crippen molar-refractivity contribution in [2.75, 3.05) is 25.6 Å². The van der Waals surface area contributed by atoms with Crippen LogP contribution in [0.25, 0.3) is 0 Å². The Kier molecular flexibility index (Phi) is 3.84. The van der Waals surface area contributed by atoms with Gasteiger partial charge in [-0.25, -0.2) is 0 Å². The first kappa shape index (κ1) is 13.5. The maximum atomic E-state index is 10.9. The van der Waals surface area contributed by atoms with E-state index in [-0.39, 0.29) is 23.5 Å². The number of anilines is 1. The second-order valence-corrected chi connectivity index (χ2v) is 4.81. The van der Waals surface area contributed by atoms with E-state index in [1.807, 2.05) is 0 Å². The van der Waals surface area contributed by atoms with E-state index in [4.69, 9.17) is 9.84 Å². The van der Waals surface area contributed by atoms with Crippen molar-refractivity contribution >= 4 is 11.5 Å². The number of pyridine rings is 1. The summed E-state index contributed by atoms with van der Waals surface area (Å²) >= 11 is 0. The fraction of sp³-hybridized carbons (Fsp3) is 0.583. The van der Waals surface area contributed by atoms with Gasteiger partial charge >= 0.3 is 5.69 Å². The number of methoxy groups -OCH3 is 1. The first-order valence-electron chi connectivity index (χ1n) is 6.14. The minimum absolute atomic E-state index is 0.0629. The Morgan fingerprint density at radius 3 is 2.84 bits per heavy atom. The molecule has 1 aliphatic carbocycles. The molecule has 1 saturated carbocycles. The van der Waals surface area contributed by atoms with Crippen molar-refractivity contribution in [3.63, 3.8) is 0 Å². The third-order valence-electron chi connectivity index (χ3n) is 3.48. The zero-order valence-electron chi connectivity index (χ0n) is 10.8. The summed E-state index contributed by atoms with van der Waals surface area (Å²) in [5.41, 5.74) is -0.00602. The molecule has 19 heavy (non-hydrogen) atoms. The van der Waals surface area contributed by atoms with Gasteiger partial charge in [-0.2, -0.15) is 4.98 Å². The first-order chi connectivity index (χ1) is 9.10. The number of nitrogens with zero attached hydrogens (tertiary/aromatic N) is 2. The van der Waals surface area contributed by atoms with Crippen LogP contribution in [-0.4, -0.2) is 35.3 Å². The van der Waals surface area contributed by atoms with E-state index in [1.54, 1.807) is 0 Å². The lowest BCUT2D eigenvalue weighted by Crippen LogP contribution is -2.18. The van der Waals surface area contributed by atoms with E-state index >= 15 is 0 Å².